The summed E-state index contributed by atoms with van der Waals surface area (Å²) in [6, 6.07) is 10.4. The Morgan fingerprint density at radius 2 is 2.10 bits per heavy atom. The molecule has 102 valence electrons. The molecule has 0 aliphatic carbocycles. The molecule has 5 heteroatoms. The summed E-state index contributed by atoms with van der Waals surface area (Å²) < 4.78 is 5.42. The molecule has 4 nitrogen and oxygen atoms in total. The lowest BCUT2D eigenvalue weighted by Gasteiger charge is -2.09. The zero-order chi connectivity index (χ0) is 14.1. The van der Waals surface area contributed by atoms with Crippen molar-refractivity contribution in [2.75, 3.05) is 17.7 Å². The Labute approximate surface area is 121 Å². The molecule has 0 unspecified atom stereocenters. The fourth-order valence-electron chi connectivity index (χ4n) is 2.16. The monoisotopic (exact) mass is 288 g/mol. The van der Waals surface area contributed by atoms with Crippen molar-refractivity contribution in [3.63, 3.8) is 0 Å². The van der Waals surface area contributed by atoms with Crippen LogP contribution in [0, 0.1) is 0 Å². The van der Waals surface area contributed by atoms with Crippen LogP contribution in [0.2, 0.25) is 5.02 Å². The van der Waals surface area contributed by atoms with Gasteiger partial charge in [-0.1, -0.05) is 11.6 Å². The molecule has 3 rings (SSSR count). The molecule has 3 N–H and O–H groups in total. The number of amides is 1. The van der Waals surface area contributed by atoms with Gasteiger partial charge in [-0.05, 0) is 42.0 Å². The molecular weight excluding hydrogens is 276 g/mol. The molecule has 1 aliphatic heterocycles. The lowest BCUT2D eigenvalue weighted by atomic mass is 10.1. The number of nitrogens with two attached hydrogens (primary N) is 1. The molecule has 0 spiro atoms. The Bertz CT molecular complexity index is 686. The van der Waals surface area contributed by atoms with Gasteiger partial charge in [0.05, 0.1) is 18.0 Å². The molecule has 20 heavy (non-hydrogen) atoms. The van der Waals surface area contributed by atoms with Crippen LogP contribution >= 0.6 is 11.6 Å². The summed E-state index contributed by atoms with van der Waals surface area (Å²) in [5.74, 6) is 0.637. The molecule has 1 heterocycles. The van der Waals surface area contributed by atoms with Crippen LogP contribution in [0.1, 0.15) is 15.9 Å². The minimum Gasteiger partial charge on any atom is -0.493 e. The molecule has 1 amide bonds. The SMILES string of the molecule is Nc1ccc(Cl)cc1NC(=O)c1ccc2c(c1)CCO2. The Morgan fingerprint density at radius 3 is 2.95 bits per heavy atom. The first-order valence-corrected chi connectivity index (χ1v) is 6.63. The van der Waals surface area contributed by atoms with Crippen molar-refractivity contribution < 1.29 is 9.53 Å². The van der Waals surface area contributed by atoms with E-state index in [1.54, 1.807) is 24.3 Å². The van der Waals surface area contributed by atoms with Crippen molar-refractivity contribution in [2.24, 2.45) is 0 Å². The molecular formula is C15H13ClN2O2. The highest BCUT2D eigenvalue weighted by Gasteiger charge is 2.15. The van der Waals surface area contributed by atoms with Gasteiger partial charge in [-0.3, -0.25) is 4.79 Å². The molecule has 2 aromatic carbocycles. The number of benzene rings is 2. The Morgan fingerprint density at radius 1 is 1.25 bits per heavy atom. The van der Waals surface area contributed by atoms with Crippen molar-refractivity contribution in [1.82, 2.24) is 0 Å². The zero-order valence-corrected chi connectivity index (χ0v) is 11.4. The molecule has 0 atom stereocenters. The first-order valence-electron chi connectivity index (χ1n) is 6.25. The highest BCUT2D eigenvalue weighted by molar-refractivity contribution is 6.31. The van der Waals surface area contributed by atoms with Crippen LogP contribution in [0.3, 0.4) is 0 Å². The number of hydrogen-bond donors (Lipinski definition) is 2. The summed E-state index contributed by atoms with van der Waals surface area (Å²) in [4.78, 5) is 12.2. The van der Waals surface area contributed by atoms with E-state index >= 15 is 0 Å². The van der Waals surface area contributed by atoms with Gasteiger partial charge in [-0.15, -0.1) is 0 Å². The van der Waals surface area contributed by atoms with Crippen LogP contribution in [-0.4, -0.2) is 12.5 Å². The van der Waals surface area contributed by atoms with E-state index in [0.717, 1.165) is 17.7 Å². The van der Waals surface area contributed by atoms with Crippen molar-refractivity contribution in [3.05, 3.63) is 52.5 Å². The average Bonchev–Trinajstić information content (AvgIpc) is 2.90. The second-order valence-corrected chi connectivity index (χ2v) is 5.04. The van der Waals surface area contributed by atoms with Crippen LogP contribution in [0.5, 0.6) is 5.75 Å². The van der Waals surface area contributed by atoms with Gasteiger partial charge in [0.1, 0.15) is 5.75 Å². The van der Waals surface area contributed by atoms with E-state index in [0.29, 0.717) is 28.6 Å². The van der Waals surface area contributed by atoms with E-state index in [2.05, 4.69) is 5.32 Å². The lowest BCUT2D eigenvalue weighted by Crippen LogP contribution is -2.13. The van der Waals surface area contributed by atoms with E-state index < -0.39 is 0 Å². The number of carbonyl (C=O) groups is 1. The van der Waals surface area contributed by atoms with Crippen LogP contribution in [0.4, 0.5) is 11.4 Å². The van der Waals surface area contributed by atoms with E-state index in [1.807, 2.05) is 12.1 Å². The van der Waals surface area contributed by atoms with Crippen LogP contribution < -0.4 is 15.8 Å². The minimum absolute atomic E-state index is 0.214. The molecule has 0 aromatic heterocycles. The van der Waals surface area contributed by atoms with Gasteiger partial charge in [-0.25, -0.2) is 0 Å². The second kappa shape index (κ2) is 5.06. The third-order valence-electron chi connectivity index (χ3n) is 3.22. The third kappa shape index (κ3) is 2.42. The zero-order valence-electron chi connectivity index (χ0n) is 10.7. The Balaban J connectivity index is 1.84. The molecule has 0 fully saturated rings. The van der Waals surface area contributed by atoms with Crippen molar-refractivity contribution in [2.45, 2.75) is 6.42 Å². The van der Waals surface area contributed by atoms with Crippen molar-refractivity contribution in [1.29, 1.82) is 0 Å². The van der Waals surface area contributed by atoms with Crippen LogP contribution in [-0.2, 0) is 6.42 Å². The van der Waals surface area contributed by atoms with Gasteiger partial charge in [0.2, 0.25) is 0 Å². The predicted molar refractivity (Wildman–Crippen MR) is 79.5 cm³/mol. The molecule has 0 radical (unpaired) electrons. The molecule has 0 bridgehead atoms. The van der Waals surface area contributed by atoms with Gasteiger partial charge in [-0.2, -0.15) is 0 Å². The number of nitrogen functional groups attached to an aromatic ring is 1. The third-order valence-corrected chi connectivity index (χ3v) is 3.45. The normalized spacial score (nSPS) is 12.7. The van der Waals surface area contributed by atoms with E-state index in [9.17, 15) is 4.79 Å². The summed E-state index contributed by atoms with van der Waals surface area (Å²) >= 11 is 5.90. The van der Waals surface area contributed by atoms with Crippen molar-refractivity contribution >= 4 is 28.9 Å². The topological polar surface area (TPSA) is 64.3 Å². The Kier molecular flexibility index (Phi) is 3.24. The van der Waals surface area contributed by atoms with E-state index in [4.69, 9.17) is 22.1 Å². The summed E-state index contributed by atoms with van der Waals surface area (Å²) in [6.07, 6.45) is 0.829. The molecule has 1 aliphatic rings. The summed E-state index contributed by atoms with van der Waals surface area (Å²) in [5.41, 5.74) is 8.43. The van der Waals surface area contributed by atoms with E-state index in [-0.39, 0.29) is 5.91 Å². The van der Waals surface area contributed by atoms with Crippen molar-refractivity contribution in [3.8, 4) is 5.75 Å². The fraction of sp³-hybridized carbons (Fsp3) is 0.133. The summed E-state index contributed by atoms with van der Waals surface area (Å²) in [6.45, 7) is 0.668. The highest BCUT2D eigenvalue weighted by atomic mass is 35.5. The molecule has 0 saturated carbocycles. The van der Waals surface area contributed by atoms with Crippen LogP contribution in [0.15, 0.2) is 36.4 Å². The maximum absolute atomic E-state index is 12.2. The molecule has 0 saturated heterocycles. The maximum atomic E-state index is 12.2. The minimum atomic E-state index is -0.214. The number of ether oxygens (including phenoxy) is 1. The van der Waals surface area contributed by atoms with Gasteiger partial charge in [0.15, 0.2) is 0 Å². The Hall–Kier alpha value is -2.20. The van der Waals surface area contributed by atoms with Gasteiger partial charge in [0, 0.05) is 17.0 Å². The van der Waals surface area contributed by atoms with E-state index in [1.165, 1.54) is 0 Å². The van der Waals surface area contributed by atoms with Gasteiger partial charge >= 0.3 is 0 Å². The number of hydrogen-bond acceptors (Lipinski definition) is 3. The number of fused-ring (bicyclic) bond motifs is 1. The highest BCUT2D eigenvalue weighted by Crippen LogP contribution is 2.27. The number of rotatable bonds is 2. The number of nitrogens with one attached hydrogen (secondary N) is 1. The number of anilines is 2. The number of carbonyl (C=O) groups excluding carboxylic acids is 1. The second-order valence-electron chi connectivity index (χ2n) is 4.61. The van der Waals surface area contributed by atoms with Crippen LogP contribution in [0.25, 0.3) is 0 Å². The first kappa shape index (κ1) is 12.8. The summed E-state index contributed by atoms with van der Waals surface area (Å²) in [5, 5.41) is 3.29. The quantitative estimate of drug-likeness (QED) is 0.835. The molecule has 2 aromatic rings. The maximum Gasteiger partial charge on any atom is 0.255 e. The van der Waals surface area contributed by atoms with Gasteiger partial charge in [0.25, 0.3) is 5.91 Å². The standard InChI is InChI=1S/C15H13ClN2O2/c16-11-2-3-12(17)13(8-11)18-15(19)10-1-4-14-9(7-10)5-6-20-14/h1-4,7-8H,5-6,17H2,(H,18,19). The largest absolute Gasteiger partial charge is 0.493 e. The average molecular weight is 289 g/mol. The lowest BCUT2D eigenvalue weighted by molar-refractivity contribution is 0.102. The number of halogens is 1. The van der Waals surface area contributed by atoms with Gasteiger partial charge < -0.3 is 15.8 Å². The first-order chi connectivity index (χ1) is 9.63. The fourth-order valence-corrected chi connectivity index (χ4v) is 2.33. The predicted octanol–water partition coefficient (Wildman–Crippen LogP) is 3.11. The summed E-state index contributed by atoms with van der Waals surface area (Å²) in [7, 11) is 0. The smallest absolute Gasteiger partial charge is 0.255 e.